The number of methoxy groups -OCH3 is 1. The SMILES string of the molecule is COc1ccc(C(=O)C(C)N)c2cc[nH]c12. The lowest BCUT2D eigenvalue weighted by molar-refractivity contribution is 0.0969. The van der Waals surface area contributed by atoms with Crippen molar-refractivity contribution in [2.75, 3.05) is 7.11 Å². The number of carbonyl (C=O) groups is 1. The van der Waals surface area contributed by atoms with Gasteiger partial charge in [-0.15, -0.1) is 0 Å². The molecule has 0 fully saturated rings. The van der Waals surface area contributed by atoms with Crippen molar-refractivity contribution in [2.45, 2.75) is 13.0 Å². The van der Waals surface area contributed by atoms with E-state index in [0.717, 1.165) is 16.7 Å². The molecule has 84 valence electrons. The molecule has 2 rings (SSSR count). The first-order valence-electron chi connectivity index (χ1n) is 5.09. The maximum Gasteiger partial charge on any atom is 0.179 e. The van der Waals surface area contributed by atoms with E-state index in [1.54, 1.807) is 32.4 Å². The lowest BCUT2D eigenvalue weighted by atomic mass is 10.0. The molecule has 16 heavy (non-hydrogen) atoms. The summed E-state index contributed by atoms with van der Waals surface area (Å²) in [7, 11) is 1.60. The van der Waals surface area contributed by atoms with Crippen LogP contribution in [0.3, 0.4) is 0 Å². The number of benzene rings is 1. The fraction of sp³-hybridized carbons (Fsp3) is 0.250. The molecule has 1 aromatic carbocycles. The van der Waals surface area contributed by atoms with Gasteiger partial charge in [0.05, 0.1) is 18.7 Å². The van der Waals surface area contributed by atoms with Crippen molar-refractivity contribution in [3.05, 3.63) is 30.0 Å². The van der Waals surface area contributed by atoms with Crippen LogP contribution in [0, 0.1) is 0 Å². The summed E-state index contributed by atoms with van der Waals surface area (Å²) in [5, 5.41) is 0.849. The number of hydrogen-bond acceptors (Lipinski definition) is 3. The molecule has 0 aliphatic carbocycles. The van der Waals surface area contributed by atoms with Crippen molar-refractivity contribution in [1.82, 2.24) is 4.98 Å². The zero-order chi connectivity index (χ0) is 11.7. The summed E-state index contributed by atoms with van der Waals surface area (Å²) in [5.74, 6) is 0.661. The van der Waals surface area contributed by atoms with E-state index in [1.165, 1.54) is 0 Å². The van der Waals surface area contributed by atoms with Crippen LogP contribution in [-0.2, 0) is 0 Å². The normalized spacial score (nSPS) is 12.7. The van der Waals surface area contributed by atoms with E-state index in [9.17, 15) is 4.79 Å². The molecule has 0 spiro atoms. The van der Waals surface area contributed by atoms with Crippen LogP contribution in [0.5, 0.6) is 5.75 Å². The second-order valence-electron chi connectivity index (χ2n) is 3.73. The number of aromatic nitrogens is 1. The number of aromatic amines is 1. The summed E-state index contributed by atoms with van der Waals surface area (Å²) >= 11 is 0. The Morgan fingerprint density at radius 1 is 1.44 bits per heavy atom. The largest absolute Gasteiger partial charge is 0.495 e. The van der Waals surface area contributed by atoms with Crippen LogP contribution < -0.4 is 10.5 Å². The van der Waals surface area contributed by atoms with Gasteiger partial charge in [-0.25, -0.2) is 0 Å². The molecule has 0 aliphatic rings. The third kappa shape index (κ3) is 1.57. The zero-order valence-corrected chi connectivity index (χ0v) is 9.28. The summed E-state index contributed by atoms with van der Waals surface area (Å²) in [6.45, 7) is 1.69. The highest BCUT2D eigenvalue weighted by molar-refractivity contribution is 6.10. The molecular weight excluding hydrogens is 204 g/mol. The first-order valence-corrected chi connectivity index (χ1v) is 5.09. The Labute approximate surface area is 93.4 Å². The summed E-state index contributed by atoms with van der Waals surface area (Å²) in [5.41, 5.74) is 7.07. The molecule has 0 saturated carbocycles. The summed E-state index contributed by atoms with van der Waals surface area (Å²) in [6.07, 6.45) is 1.78. The van der Waals surface area contributed by atoms with E-state index in [4.69, 9.17) is 10.5 Å². The van der Waals surface area contributed by atoms with E-state index < -0.39 is 6.04 Å². The second kappa shape index (κ2) is 3.98. The highest BCUT2D eigenvalue weighted by Gasteiger charge is 2.16. The summed E-state index contributed by atoms with van der Waals surface area (Å²) in [6, 6.07) is 4.88. The lowest BCUT2D eigenvalue weighted by Crippen LogP contribution is -2.26. The Balaban J connectivity index is 2.64. The predicted octanol–water partition coefficient (Wildman–Crippen LogP) is 1.71. The molecule has 0 amide bonds. The summed E-state index contributed by atoms with van der Waals surface area (Å²) in [4.78, 5) is 14.9. The molecule has 3 N–H and O–H groups in total. The molecule has 0 radical (unpaired) electrons. The number of H-pyrrole nitrogens is 1. The van der Waals surface area contributed by atoms with Crippen LogP contribution in [0.2, 0.25) is 0 Å². The van der Waals surface area contributed by atoms with E-state index >= 15 is 0 Å². The first kappa shape index (κ1) is 10.7. The standard InChI is InChI=1S/C12H14N2O2/c1-7(13)12(15)9-3-4-10(16-2)11-8(9)5-6-14-11/h3-7,14H,13H2,1-2H3. The van der Waals surface area contributed by atoms with E-state index in [1.807, 2.05) is 6.07 Å². The van der Waals surface area contributed by atoms with Gasteiger partial charge in [0.25, 0.3) is 0 Å². The highest BCUT2D eigenvalue weighted by atomic mass is 16.5. The fourth-order valence-corrected chi connectivity index (χ4v) is 1.76. The van der Waals surface area contributed by atoms with Gasteiger partial charge in [-0.05, 0) is 25.1 Å². The molecule has 1 heterocycles. The predicted molar refractivity (Wildman–Crippen MR) is 62.8 cm³/mol. The Morgan fingerprint density at radius 2 is 2.19 bits per heavy atom. The molecular formula is C12H14N2O2. The van der Waals surface area contributed by atoms with Crippen molar-refractivity contribution in [3.63, 3.8) is 0 Å². The van der Waals surface area contributed by atoms with Gasteiger partial charge in [-0.3, -0.25) is 4.79 Å². The van der Waals surface area contributed by atoms with Crippen LogP contribution in [-0.4, -0.2) is 23.9 Å². The number of rotatable bonds is 3. The van der Waals surface area contributed by atoms with Crippen LogP contribution >= 0.6 is 0 Å². The fourth-order valence-electron chi connectivity index (χ4n) is 1.76. The number of nitrogens with two attached hydrogens (primary N) is 1. The van der Waals surface area contributed by atoms with E-state index in [2.05, 4.69) is 4.98 Å². The molecule has 1 aromatic heterocycles. The van der Waals surface area contributed by atoms with Gasteiger partial charge in [0, 0.05) is 17.1 Å². The van der Waals surface area contributed by atoms with Gasteiger partial charge in [0.15, 0.2) is 5.78 Å². The number of carbonyl (C=O) groups excluding carboxylic acids is 1. The van der Waals surface area contributed by atoms with E-state index in [-0.39, 0.29) is 5.78 Å². The first-order chi connectivity index (χ1) is 7.65. The zero-order valence-electron chi connectivity index (χ0n) is 9.28. The van der Waals surface area contributed by atoms with Crippen molar-refractivity contribution >= 4 is 16.7 Å². The molecule has 2 aromatic rings. The number of hydrogen-bond donors (Lipinski definition) is 2. The van der Waals surface area contributed by atoms with Crippen molar-refractivity contribution < 1.29 is 9.53 Å². The van der Waals surface area contributed by atoms with Crippen LogP contribution in [0.4, 0.5) is 0 Å². The van der Waals surface area contributed by atoms with Gasteiger partial charge >= 0.3 is 0 Å². The van der Waals surface area contributed by atoms with Gasteiger partial charge < -0.3 is 15.5 Å². The minimum absolute atomic E-state index is 0.0627. The maximum atomic E-state index is 11.9. The number of fused-ring (bicyclic) bond motifs is 1. The van der Waals surface area contributed by atoms with Gasteiger partial charge in [-0.2, -0.15) is 0 Å². The van der Waals surface area contributed by atoms with Gasteiger partial charge in [0.2, 0.25) is 0 Å². The number of nitrogens with one attached hydrogen (secondary N) is 1. The number of Topliss-reactive ketones (excluding diaryl/α,β-unsaturated/α-hetero) is 1. The Bertz CT molecular complexity index is 529. The third-order valence-corrected chi connectivity index (χ3v) is 2.58. The average Bonchev–Trinajstić information content (AvgIpc) is 2.75. The molecule has 0 saturated heterocycles. The van der Waals surface area contributed by atoms with Crippen LogP contribution in [0.1, 0.15) is 17.3 Å². The summed E-state index contributed by atoms with van der Waals surface area (Å²) < 4.78 is 5.21. The minimum atomic E-state index is -0.494. The quantitative estimate of drug-likeness (QED) is 0.770. The Kier molecular flexibility index (Phi) is 2.66. The monoisotopic (exact) mass is 218 g/mol. The third-order valence-electron chi connectivity index (χ3n) is 2.58. The van der Waals surface area contributed by atoms with E-state index in [0.29, 0.717) is 5.56 Å². The molecule has 1 atom stereocenters. The lowest BCUT2D eigenvalue weighted by Gasteiger charge is -2.08. The van der Waals surface area contributed by atoms with Gasteiger partial charge in [0.1, 0.15) is 5.75 Å². The molecule has 0 bridgehead atoms. The smallest absolute Gasteiger partial charge is 0.179 e. The molecule has 1 unspecified atom stereocenters. The highest BCUT2D eigenvalue weighted by Crippen LogP contribution is 2.27. The maximum absolute atomic E-state index is 11.9. The Morgan fingerprint density at radius 3 is 2.81 bits per heavy atom. The van der Waals surface area contributed by atoms with Crippen molar-refractivity contribution in [1.29, 1.82) is 0 Å². The second-order valence-corrected chi connectivity index (χ2v) is 3.73. The molecule has 4 heteroatoms. The van der Waals surface area contributed by atoms with Crippen molar-refractivity contribution in [2.24, 2.45) is 5.73 Å². The minimum Gasteiger partial charge on any atom is -0.495 e. The van der Waals surface area contributed by atoms with Crippen LogP contribution in [0.15, 0.2) is 24.4 Å². The van der Waals surface area contributed by atoms with Crippen molar-refractivity contribution in [3.8, 4) is 5.75 Å². The number of ether oxygens (including phenoxy) is 1. The average molecular weight is 218 g/mol. The number of ketones is 1. The Hall–Kier alpha value is -1.81. The molecule has 0 aliphatic heterocycles. The van der Waals surface area contributed by atoms with Gasteiger partial charge in [-0.1, -0.05) is 0 Å². The topological polar surface area (TPSA) is 68.1 Å². The molecule has 4 nitrogen and oxygen atoms in total. The van der Waals surface area contributed by atoms with Crippen LogP contribution in [0.25, 0.3) is 10.9 Å².